The van der Waals surface area contributed by atoms with E-state index < -0.39 is 0 Å². The van der Waals surface area contributed by atoms with E-state index in [1.165, 1.54) is 11.3 Å². The average molecular weight is 251 g/mol. The van der Waals surface area contributed by atoms with Crippen molar-refractivity contribution >= 4 is 0 Å². The maximum absolute atomic E-state index is 9.54. The smallest absolute Gasteiger partial charge is 0.0722 e. The molecule has 2 rings (SSSR count). The number of hydrogen-bond acceptors (Lipinski definition) is 3. The van der Waals surface area contributed by atoms with Crippen LogP contribution in [0, 0.1) is 0 Å². The fraction of sp³-hybridized carbons (Fsp3) is 0.786. The molecular formula is C14H25N3O. The van der Waals surface area contributed by atoms with Crippen LogP contribution in [0.5, 0.6) is 0 Å². The molecule has 1 aromatic heterocycles. The zero-order chi connectivity index (χ0) is 13.3. The second-order valence-electron chi connectivity index (χ2n) is 6.43. The fourth-order valence-electron chi connectivity index (χ4n) is 2.60. The van der Waals surface area contributed by atoms with Crippen molar-refractivity contribution in [2.45, 2.75) is 51.7 Å². The summed E-state index contributed by atoms with van der Waals surface area (Å²) in [6.45, 7) is 9.54. The summed E-state index contributed by atoms with van der Waals surface area (Å²) in [4.78, 5) is 2.42. The zero-order valence-corrected chi connectivity index (χ0v) is 12.0. The molecule has 4 heteroatoms. The Morgan fingerprint density at radius 2 is 1.94 bits per heavy atom. The second kappa shape index (κ2) is 5.02. The van der Waals surface area contributed by atoms with Crippen LogP contribution < -0.4 is 0 Å². The first-order valence-corrected chi connectivity index (χ1v) is 6.79. The van der Waals surface area contributed by atoms with Crippen molar-refractivity contribution in [1.29, 1.82) is 0 Å². The van der Waals surface area contributed by atoms with Gasteiger partial charge in [-0.15, -0.1) is 0 Å². The standard InChI is InChI=1S/C14H25N3O/c1-14(2,3)13-11(9-16(4)15-13)10-17-7-5-12(18)6-8-17/h9,12,18H,5-8,10H2,1-4H3. The van der Waals surface area contributed by atoms with Crippen LogP contribution in [0.25, 0.3) is 0 Å². The van der Waals surface area contributed by atoms with Crippen molar-refractivity contribution in [2.24, 2.45) is 7.05 Å². The normalized spacial score (nSPS) is 19.4. The number of nitrogens with zero attached hydrogens (tertiary/aromatic N) is 3. The molecule has 0 aliphatic carbocycles. The van der Waals surface area contributed by atoms with Gasteiger partial charge in [-0.25, -0.2) is 0 Å². The van der Waals surface area contributed by atoms with Gasteiger partial charge in [0, 0.05) is 43.9 Å². The van der Waals surface area contributed by atoms with Gasteiger partial charge in [0.15, 0.2) is 0 Å². The van der Waals surface area contributed by atoms with Gasteiger partial charge in [0.05, 0.1) is 11.8 Å². The topological polar surface area (TPSA) is 41.3 Å². The Balaban J connectivity index is 2.09. The lowest BCUT2D eigenvalue weighted by Gasteiger charge is -2.30. The molecule has 1 aromatic rings. The lowest BCUT2D eigenvalue weighted by Crippen LogP contribution is -2.35. The van der Waals surface area contributed by atoms with E-state index >= 15 is 0 Å². The molecule has 0 bridgehead atoms. The largest absolute Gasteiger partial charge is 0.393 e. The summed E-state index contributed by atoms with van der Waals surface area (Å²) in [6, 6.07) is 0. The molecule has 0 aromatic carbocycles. The lowest BCUT2D eigenvalue weighted by atomic mass is 9.89. The Labute approximate surface area is 110 Å². The van der Waals surface area contributed by atoms with Crippen LogP contribution in [0.1, 0.15) is 44.9 Å². The lowest BCUT2D eigenvalue weighted by molar-refractivity contribution is 0.0790. The molecule has 2 heterocycles. The van der Waals surface area contributed by atoms with Crippen molar-refractivity contribution in [2.75, 3.05) is 13.1 Å². The monoisotopic (exact) mass is 251 g/mol. The third kappa shape index (κ3) is 3.12. The molecule has 4 nitrogen and oxygen atoms in total. The number of aromatic nitrogens is 2. The minimum absolute atomic E-state index is 0.0892. The number of hydrogen-bond donors (Lipinski definition) is 1. The molecular weight excluding hydrogens is 226 g/mol. The summed E-state index contributed by atoms with van der Waals surface area (Å²) < 4.78 is 1.91. The number of piperidine rings is 1. The van der Waals surface area contributed by atoms with E-state index in [4.69, 9.17) is 0 Å². The van der Waals surface area contributed by atoms with Crippen LogP contribution in [0.3, 0.4) is 0 Å². The van der Waals surface area contributed by atoms with E-state index in [0.29, 0.717) is 0 Å². The summed E-state index contributed by atoms with van der Waals surface area (Å²) in [5.74, 6) is 0. The summed E-state index contributed by atoms with van der Waals surface area (Å²) in [5.41, 5.74) is 2.60. The van der Waals surface area contributed by atoms with Crippen molar-refractivity contribution in [3.63, 3.8) is 0 Å². The summed E-state index contributed by atoms with van der Waals surface area (Å²) in [5, 5.41) is 14.1. The zero-order valence-electron chi connectivity index (χ0n) is 12.0. The Morgan fingerprint density at radius 3 is 2.50 bits per heavy atom. The van der Waals surface area contributed by atoms with Gasteiger partial charge in [-0.2, -0.15) is 5.10 Å². The third-order valence-corrected chi connectivity index (χ3v) is 3.57. The van der Waals surface area contributed by atoms with E-state index in [9.17, 15) is 5.11 Å². The van der Waals surface area contributed by atoms with Gasteiger partial charge in [0.2, 0.25) is 0 Å². The predicted octanol–water partition coefficient (Wildman–Crippen LogP) is 1.67. The SMILES string of the molecule is Cn1cc(CN2CCC(O)CC2)c(C(C)(C)C)n1. The third-order valence-electron chi connectivity index (χ3n) is 3.57. The van der Waals surface area contributed by atoms with E-state index in [1.54, 1.807) is 0 Å². The highest BCUT2D eigenvalue weighted by Crippen LogP contribution is 2.25. The second-order valence-corrected chi connectivity index (χ2v) is 6.43. The summed E-state index contributed by atoms with van der Waals surface area (Å²) >= 11 is 0. The molecule has 1 aliphatic rings. The van der Waals surface area contributed by atoms with Gasteiger partial charge in [0.25, 0.3) is 0 Å². The molecule has 1 N–H and O–H groups in total. The fourth-order valence-corrected chi connectivity index (χ4v) is 2.60. The molecule has 0 saturated carbocycles. The van der Waals surface area contributed by atoms with Gasteiger partial charge < -0.3 is 5.11 Å². The number of likely N-dealkylation sites (tertiary alicyclic amines) is 1. The quantitative estimate of drug-likeness (QED) is 0.869. The number of rotatable bonds is 2. The molecule has 102 valence electrons. The number of aryl methyl sites for hydroxylation is 1. The Bertz CT molecular complexity index is 398. The maximum atomic E-state index is 9.54. The van der Waals surface area contributed by atoms with Crippen LogP contribution in [-0.4, -0.2) is 39.0 Å². The Morgan fingerprint density at radius 1 is 1.33 bits per heavy atom. The molecule has 0 amide bonds. The molecule has 0 spiro atoms. The van der Waals surface area contributed by atoms with E-state index in [0.717, 1.165) is 32.5 Å². The van der Waals surface area contributed by atoms with Crippen LogP contribution >= 0.6 is 0 Å². The molecule has 1 saturated heterocycles. The molecule has 1 fully saturated rings. The van der Waals surface area contributed by atoms with Gasteiger partial charge in [0.1, 0.15) is 0 Å². The highest BCUT2D eigenvalue weighted by Gasteiger charge is 2.24. The molecule has 0 atom stereocenters. The van der Waals surface area contributed by atoms with Crippen molar-refractivity contribution < 1.29 is 5.11 Å². The number of aliphatic hydroxyl groups is 1. The molecule has 1 aliphatic heterocycles. The van der Waals surface area contributed by atoms with Gasteiger partial charge >= 0.3 is 0 Å². The molecule has 0 radical (unpaired) electrons. The van der Waals surface area contributed by atoms with E-state index in [1.807, 2.05) is 11.7 Å². The molecule has 18 heavy (non-hydrogen) atoms. The average Bonchev–Trinajstić information content (AvgIpc) is 2.63. The summed E-state index contributed by atoms with van der Waals surface area (Å²) in [7, 11) is 1.98. The van der Waals surface area contributed by atoms with Crippen molar-refractivity contribution in [3.8, 4) is 0 Å². The maximum Gasteiger partial charge on any atom is 0.0722 e. The highest BCUT2D eigenvalue weighted by molar-refractivity contribution is 5.24. The highest BCUT2D eigenvalue weighted by atomic mass is 16.3. The minimum Gasteiger partial charge on any atom is -0.393 e. The van der Waals surface area contributed by atoms with Gasteiger partial charge in [-0.05, 0) is 12.8 Å². The Hall–Kier alpha value is -0.870. The first-order chi connectivity index (χ1) is 8.36. The van der Waals surface area contributed by atoms with Crippen molar-refractivity contribution in [1.82, 2.24) is 14.7 Å². The van der Waals surface area contributed by atoms with Crippen LogP contribution in [0.2, 0.25) is 0 Å². The number of aliphatic hydroxyl groups excluding tert-OH is 1. The van der Waals surface area contributed by atoms with Gasteiger partial charge in [-0.1, -0.05) is 20.8 Å². The predicted molar refractivity (Wildman–Crippen MR) is 72.4 cm³/mol. The van der Waals surface area contributed by atoms with E-state index in [-0.39, 0.29) is 11.5 Å². The van der Waals surface area contributed by atoms with Crippen molar-refractivity contribution in [3.05, 3.63) is 17.5 Å². The first kappa shape index (κ1) is 13.6. The van der Waals surface area contributed by atoms with E-state index in [2.05, 4.69) is 37.0 Å². The van der Waals surface area contributed by atoms with Crippen LogP contribution in [0.15, 0.2) is 6.20 Å². The summed E-state index contributed by atoms with van der Waals surface area (Å²) in [6.07, 6.45) is 3.82. The van der Waals surface area contributed by atoms with Crippen LogP contribution in [0.4, 0.5) is 0 Å². The Kier molecular flexibility index (Phi) is 3.78. The molecule has 0 unspecified atom stereocenters. The minimum atomic E-state index is -0.0998. The van der Waals surface area contributed by atoms with Gasteiger partial charge in [-0.3, -0.25) is 9.58 Å². The first-order valence-electron chi connectivity index (χ1n) is 6.79. The van der Waals surface area contributed by atoms with Crippen LogP contribution in [-0.2, 0) is 19.0 Å².